The Morgan fingerprint density at radius 1 is 1.26 bits per heavy atom. The van der Waals surface area contributed by atoms with E-state index in [9.17, 15) is 0 Å². The summed E-state index contributed by atoms with van der Waals surface area (Å²) in [5.74, 6) is 0. The average molecular weight is 339 g/mol. The number of rotatable bonds is 6. The van der Waals surface area contributed by atoms with E-state index in [1.54, 1.807) is 0 Å². The summed E-state index contributed by atoms with van der Waals surface area (Å²) < 4.78 is 0. The van der Waals surface area contributed by atoms with Crippen molar-refractivity contribution in [3.63, 3.8) is 0 Å². The summed E-state index contributed by atoms with van der Waals surface area (Å²) in [6, 6.07) is 18.6. The maximum atomic E-state index is 3.60. The molecule has 2 aromatic carbocycles. The standard InChI is InChI=1S/C15H18N.C4H9.Fe.2Li/c1-16(2)15(14-9-5-6-10-14)12-11-13-7-3-4-8-13;1-3-4-2;;;/h3-9,15H,11-12H2,1-2H3;1,3-4H2,2H3;;;/q-3;-1;+2;2*+1/t15-;;;;/m1..../s1. The van der Waals surface area contributed by atoms with Crippen LogP contribution in [0, 0.1) is 13.0 Å². The Balaban J connectivity index is -0.000000517. The molecule has 0 aromatic heterocycles. The molecule has 2 rings (SSSR count). The molecule has 0 bridgehead atoms. The van der Waals surface area contributed by atoms with Gasteiger partial charge in [0, 0.05) is 0 Å². The van der Waals surface area contributed by atoms with Crippen molar-refractivity contribution in [2.24, 2.45) is 0 Å². The van der Waals surface area contributed by atoms with Crippen molar-refractivity contribution in [1.82, 2.24) is 4.90 Å². The molecule has 1 nitrogen and oxygen atoms in total. The van der Waals surface area contributed by atoms with Crippen LogP contribution in [0.3, 0.4) is 0 Å². The van der Waals surface area contributed by atoms with E-state index in [0.717, 1.165) is 19.3 Å². The smallest absolute Gasteiger partial charge is 0.376 e. The van der Waals surface area contributed by atoms with E-state index < -0.39 is 0 Å². The van der Waals surface area contributed by atoms with Crippen LogP contribution in [-0.4, -0.2) is 19.0 Å². The quantitative estimate of drug-likeness (QED) is 0.472. The number of hydrogen-bond acceptors (Lipinski definition) is 1. The van der Waals surface area contributed by atoms with E-state index >= 15 is 0 Å². The number of nitrogens with zero attached hydrogens (tertiary/aromatic N) is 1. The third kappa shape index (κ3) is 11.5. The third-order valence-electron chi connectivity index (χ3n) is 3.40. The molecule has 2 aromatic rings. The molecule has 0 aliphatic rings. The molecular weight excluding hydrogens is 312 g/mol. The minimum atomic E-state index is 0. The number of unbranched alkanes of at least 4 members (excludes halogenated alkanes) is 1. The van der Waals surface area contributed by atoms with Crippen molar-refractivity contribution in [3.05, 3.63) is 66.6 Å². The van der Waals surface area contributed by atoms with Gasteiger partial charge in [-0.15, -0.1) is 0 Å². The van der Waals surface area contributed by atoms with Crippen LogP contribution in [0.2, 0.25) is 0 Å². The fourth-order valence-corrected chi connectivity index (χ4v) is 2.13. The van der Waals surface area contributed by atoms with Gasteiger partial charge in [-0.2, -0.15) is 24.1 Å². The predicted octanol–water partition coefficient (Wildman–Crippen LogP) is -1.21. The molecule has 0 fully saturated rings. The van der Waals surface area contributed by atoms with E-state index in [2.05, 4.69) is 75.3 Å². The Bertz CT molecular complexity index is 422. The molecule has 118 valence electrons. The molecule has 0 aliphatic heterocycles. The van der Waals surface area contributed by atoms with Gasteiger partial charge in [0.2, 0.25) is 0 Å². The second kappa shape index (κ2) is 17.2. The Morgan fingerprint density at radius 3 is 2.22 bits per heavy atom. The van der Waals surface area contributed by atoms with E-state index in [4.69, 9.17) is 0 Å². The monoisotopic (exact) mass is 339 g/mol. The molecule has 4 heteroatoms. The molecule has 0 aliphatic carbocycles. The molecule has 0 unspecified atom stereocenters. The molecule has 0 amide bonds. The van der Waals surface area contributed by atoms with Crippen molar-refractivity contribution >= 4 is 0 Å². The van der Waals surface area contributed by atoms with Crippen LogP contribution in [-0.2, 0) is 23.5 Å². The predicted molar refractivity (Wildman–Crippen MR) is 87.9 cm³/mol. The Morgan fingerprint density at radius 2 is 1.83 bits per heavy atom. The van der Waals surface area contributed by atoms with E-state index in [-0.39, 0.29) is 54.8 Å². The van der Waals surface area contributed by atoms with E-state index in [0.29, 0.717) is 6.04 Å². The second-order valence-electron chi connectivity index (χ2n) is 5.29. The van der Waals surface area contributed by atoms with Gasteiger partial charge in [-0.1, -0.05) is 19.8 Å². The molecule has 0 saturated carbocycles. The fourth-order valence-electron chi connectivity index (χ4n) is 2.13. The normalized spacial score (nSPS) is 10.5. The maximum absolute atomic E-state index is 3.60. The molecule has 0 heterocycles. The topological polar surface area (TPSA) is 3.24 Å². The van der Waals surface area contributed by atoms with Gasteiger partial charge >= 0.3 is 54.8 Å². The molecule has 1 atom stereocenters. The van der Waals surface area contributed by atoms with Gasteiger partial charge in [0.25, 0.3) is 0 Å². The van der Waals surface area contributed by atoms with Crippen LogP contribution in [0.15, 0.2) is 42.5 Å². The van der Waals surface area contributed by atoms with E-state index in [1.165, 1.54) is 17.5 Å². The zero-order chi connectivity index (χ0) is 14.8. The van der Waals surface area contributed by atoms with Gasteiger partial charge in [-0.25, -0.2) is 12.1 Å². The zero-order valence-electron chi connectivity index (χ0n) is 15.5. The zero-order valence-corrected chi connectivity index (χ0v) is 16.6. The first-order valence-electron chi connectivity index (χ1n) is 7.48. The van der Waals surface area contributed by atoms with Crippen LogP contribution < -0.4 is 37.7 Å². The third-order valence-corrected chi connectivity index (χ3v) is 3.40. The summed E-state index contributed by atoms with van der Waals surface area (Å²) >= 11 is 0. The van der Waals surface area contributed by atoms with Crippen molar-refractivity contribution in [2.45, 2.75) is 38.6 Å². The average Bonchev–Trinajstić information content (AvgIpc) is 3.12. The van der Waals surface area contributed by atoms with E-state index in [1.807, 2.05) is 6.07 Å². The van der Waals surface area contributed by atoms with Crippen LogP contribution in [0.25, 0.3) is 0 Å². The summed E-state index contributed by atoms with van der Waals surface area (Å²) in [5, 5.41) is 0. The van der Waals surface area contributed by atoms with Crippen molar-refractivity contribution in [3.8, 4) is 0 Å². The Kier molecular flexibility index (Phi) is 21.1. The Labute approximate surface area is 178 Å². The SMILES string of the molecule is CN(C)[C@H](CC[c-]1cccc1)c1[c-]cc[cH-]1.[CH2-]CCC.[Fe+2].[Li+].[Li+]. The fraction of sp³-hybridized carbons (Fsp3) is 0.421. The van der Waals surface area contributed by atoms with Crippen LogP contribution in [0.5, 0.6) is 0 Å². The van der Waals surface area contributed by atoms with Crippen molar-refractivity contribution in [1.29, 1.82) is 0 Å². The molecule has 0 spiro atoms. The first kappa shape index (κ1) is 28.2. The molecule has 0 radical (unpaired) electrons. The number of hydrogen-bond donors (Lipinski definition) is 0. The summed E-state index contributed by atoms with van der Waals surface area (Å²) in [6.45, 7) is 5.72. The van der Waals surface area contributed by atoms with Gasteiger partial charge < -0.3 is 36.1 Å². The molecule has 23 heavy (non-hydrogen) atoms. The minimum Gasteiger partial charge on any atom is -0.376 e. The van der Waals surface area contributed by atoms with Gasteiger partial charge in [-0.05, 0) is 26.6 Å². The largest absolute Gasteiger partial charge is 2.00 e. The second-order valence-corrected chi connectivity index (χ2v) is 5.29. The molecule has 0 N–H and O–H groups in total. The minimum absolute atomic E-state index is 0. The van der Waals surface area contributed by atoms with Crippen LogP contribution in [0.4, 0.5) is 0 Å². The van der Waals surface area contributed by atoms with Gasteiger partial charge in [0.1, 0.15) is 0 Å². The van der Waals surface area contributed by atoms with Gasteiger partial charge in [-0.3, -0.25) is 5.56 Å². The summed E-state index contributed by atoms with van der Waals surface area (Å²) in [5.41, 5.74) is 2.73. The maximum Gasteiger partial charge on any atom is 2.00 e. The first-order chi connectivity index (χ1) is 9.69. The number of aryl methyl sites for hydroxylation is 1. The van der Waals surface area contributed by atoms with Gasteiger partial charge in [0.05, 0.1) is 0 Å². The van der Waals surface area contributed by atoms with Crippen LogP contribution >= 0.6 is 0 Å². The van der Waals surface area contributed by atoms with Gasteiger partial charge in [0.15, 0.2) is 0 Å². The first-order valence-corrected chi connectivity index (χ1v) is 7.48. The molecular formula is C19H27FeLi2N. The van der Waals surface area contributed by atoms with Crippen LogP contribution in [0.1, 0.15) is 43.4 Å². The van der Waals surface area contributed by atoms with Crippen molar-refractivity contribution < 1.29 is 54.8 Å². The summed E-state index contributed by atoms with van der Waals surface area (Å²) in [7, 11) is 4.27. The van der Waals surface area contributed by atoms with Crippen molar-refractivity contribution in [2.75, 3.05) is 14.1 Å². The molecule has 0 saturated heterocycles. The Hall–Kier alpha value is 0.374. The summed E-state index contributed by atoms with van der Waals surface area (Å²) in [4.78, 5) is 2.27. The summed E-state index contributed by atoms with van der Waals surface area (Å²) in [6.07, 6.45) is 4.56.